The Balaban J connectivity index is 0. The van der Waals surface area contributed by atoms with Crippen LogP contribution in [0.15, 0.2) is 0 Å². The lowest BCUT2D eigenvalue weighted by Gasteiger charge is -2.33. The summed E-state index contributed by atoms with van der Waals surface area (Å²) in [4.78, 5) is 0. The minimum absolute atomic E-state index is 0. The molecule has 0 spiro atoms. The molecule has 0 N–H and O–H groups in total. The summed E-state index contributed by atoms with van der Waals surface area (Å²) in [6, 6.07) is 0. The molecule has 0 aliphatic rings. The Kier molecular flexibility index (Phi) is 16.5. The van der Waals surface area contributed by atoms with Crippen LogP contribution in [-0.2, 0) is 0 Å². The zero-order valence-corrected chi connectivity index (χ0v) is 14.3. The van der Waals surface area contributed by atoms with Crippen molar-refractivity contribution in [2.75, 3.05) is 20.6 Å². The van der Waals surface area contributed by atoms with E-state index in [2.05, 4.69) is 6.92 Å². The van der Waals surface area contributed by atoms with E-state index in [-0.39, 0.29) is 17.1 Å². The van der Waals surface area contributed by atoms with Crippen molar-refractivity contribution < 1.29 is 4.65 Å². The summed E-state index contributed by atoms with van der Waals surface area (Å²) in [5.41, 5.74) is 0. The molecule has 0 aromatic carbocycles. The summed E-state index contributed by atoms with van der Waals surface area (Å²) in [5, 5.41) is 11.3. The number of rotatable bonds is 13. The van der Waals surface area contributed by atoms with Gasteiger partial charge in [0.05, 0.1) is 20.6 Å². The second-order valence-corrected chi connectivity index (χ2v) is 6.19. The van der Waals surface area contributed by atoms with E-state index in [1.54, 1.807) is 14.1 Å². The van der Waals surface area contributed by atoms with Crippen molar-refractivity contribution in [2.24, 2.45) is 0 Å². The number of nitrogens with zero attached hydrogens (tertiary/aromatic N) is 1. The smallest absolute Gasteiger partial charge is 0.0779 e. The van der Waals surface area contributed by atoms with Crippen molar-refractivity contribution in [1.29, 1.82) is 0 Å². The van der Waals surface area contributed by atoms with Crippen molar-refractivity contribution in [2.45, 2.75) is 84.0 Å². The third kappa shape index (κ3) is 20.7. The number of unbranched alkanes of at least 4 members (excludes halogenated alkanes) is 11. The monoisotopic (exact) mass is 293 g/mol. The van der Waals surface area contributed by atoms with Crippen LogP contribution >= 0.6 is 12.4 Å². The topological polar surface area (TPSA) is 23.1 Å². The Morgan fingerprint density at radius 2 is 0.947 bits per heavy atom. The molecule has 0 saturated carbocycles. The number of quaternary nitrogens is 1. The number of hydrogen-bond acceptors (Lipinski definition) is 1. The first-order valence-electron chi connectivity index (χ1n) is 8.10. The molecule has 0 aromatic heterocycles. The summed E-state index contributed by atoms with van der Waals surface area (Å²) in [7, 11) is 3.47. The van der Waals surface area contributed by atoms with Crippen molar-refractivity contribution in [3.8, 4) is 0 Å². The van der Waals surface area contributed by atoms with Crippen molar-refractivity contribution in [1.82, 2.24) is 0 Å². The normalized spacial score (nSPS) is 11.4. The van der Waals surface area contributed by atoms with Crippen LogP contribution in [0.1, 0.15) is 84.0 Å². The molecule has 0 unspecified atom stereocenters. The quantitative estimate of drug-likeness (QED) is 0.243. The van der Waals surface area contributed by atoms with Crippen LogP contribution in [0.4, 0.5) is 0 Å². The molecule has 0 bridgehead atoms. The average molecular weight is 294 g/mol. The van der Waals surface area contributed by atoms with Gasteiger partial charge in [0.25, 0.3) is 0 Å². The van der Waals surface area contributed by atoms with Crippen LogP contribution in [-0.4, -0.2) is 25.3 Å². The molecule has 0 amide bonds. The highest BCUT2D eigenvalue weighted by Crippen LogP contribution is 2.12. The molecule has 0 aliphatic carbocycles. The van der Waals surface area contributed by atoms with E-state index in [4.69, 9.17) is 0 Å². The van der Waals surface area contributed by atoms with Gasteiger partial charge < -0.3 is 9.85 Å². The minimum Gasteiger partial charge on any atom is -0.633 e. The van der Waals surface area contributed by atoms with E-state index < -0.39 is 0 Å². The number of hydroxylamine groups is 3. The second kappa shape index (κ2) is 14.6. The van der Waals surface area contributed by atoms with Gasteiger partial charge in [0.1, 0.15) is 0 Å². The molecule has 19 heavy (non-hydrogen) atoms. The maximum atomic E-state index is 11.3. The summed E-state index contributed by atoms with van der Waals surface area (Å²) >= 11 is 0. The molecule has 2 nitrogen and oxygen atoms in total. The Bertz CT molecular complexity index is 169. The fourth-order valence-electron chi connectivity index (χ4n) is 2.33. The first-order valence-corrected chi connectivity index (χ1v) is 8.10. The van der Waals surface area contributed by atoms with Gasteiger partial charge in [0.2, 0.25) is 0 Å². The summed E-state index contributed by atoms with van der Waals surface area (Å²) in [6.07, 6.45) is 16.3. The predicted octanol–water partition coefficient (Wildman–Crippen LogP) is 5.68. The maximum Gasteiger partial charge on any atom is 0.0779 e. The molecule has 0 rings (SSSR count). The lowest BCUT2D eigenvalue weighted by Crippen LogP contribution is -2.32. The highest BCUT2D eigenvalue weighted by molar-refractivity contribution is 5.85. The van der Waals surface area contributed by atoms with E-state index in [0.717, 1.165) is 13.0 Å². The molecule has 0 saturated heterocycles. The Morgan fingerprint density at radius 3 is 1.26 bits per heavy atom. The van der Waals surface area contributed by atoms with Crippen LogP contribution in [0.2, 0.25) is 0 Å². The van der Waals surface area contributed by atoms with Gasteiger partial charge in [-0.2, -0.15) is 0 Å². The van der Waals surface area contributed by atoms with Crippen molar-refractivity contribution in [3.63, 3.8) is 0 Å². The molecule has 0 atom stereocenters. The highest BCUT2D eigenvalue weighted by Gasteiger charge is 2.00. The van der Waals surface area contributed by atoms with Crippen LogP contribution in [0, 0.1) is 5.21 Å². The predicted molar refractivity (Wildman–Crippen MR) is 88.7 cm³/mol. The van der Waals surface area contributed by atoms with E-state index in [0.29, 0.717) is 0 Å². The van der Waals surface area contributed by atoms with Crippen molar-refractivity contribution >= 4 is 12.4 Å². The van der Waals surface area contributed by atoms with Gasteiger partial charge in [0.15, 0.2) is 0 Å². The van der Waals surface area contributed by atoms with Gasteiger partial charge in [-0.1, -0.05) is 71.1 Å². The first-order chi connectivity index (χ1) is 8.56. The Hall–Kier alpha value is 0.210. The molecule has 0 aliphatic heterocycles. The standard InChI is InChI=1S/C16H35NO.ClH/c1-4-5-6-7-8-9-10-11-12-13-14-15-16-17(2,3)18;/h4-16H2,1-3H3;1H. The molecule has 3 heteroatoms. The van der Waals surface area contributed by atoms with Gasteiger partial charge >= 0.3 is 0 Å². The van der Waals surface area contributed by atoms with Gasteiger partial charge in [-0.15, -0.1) is 12.4 Å². The lowest BCUT2D eigenvalue weighted by atomic mass is 10.1. The zero-order chi connectivity index (χ0) is 13.7. The molecule has 0 aromatic rings. The Morgan fingerprint density at radius 1 is 0.632 bits per heavy atom. The van der Waals surface area contributed by atoms with E-state index in [1.165, 1.54) is 70.6 Å². The van der Waals surface area contributed by atoms with Gasteiger partial charge in [0, 0.05) is 0 Å². The highest BCUT2D eigenvalue weighted by atomic mass is 35.5. The van der Waals surface area contributed by atoms with E-state index in [1.807, 2.05) is 0 Å². The Labute approximate surface area is 127 Å². The molecular weight excluding hydrogens is 258 g/mol. The fraction of sp³-hybridized carbons (Fsp3) is 1.00. The van der Waals surface area contributed by atoms with Crippen LogP contribution in [0.3, 0.4) is 0 Å². The van der Waals surface area contributed by atoms with Crippen LogP contribution < -0.4 is 0 Å². The first kappa shape index (κ1) is 21.5. The second-order valence-electron chi connectivity index (χ2n) is 6.19. The summed E-state index contributed by atoms with van der Waals surface area (Å²) in [6.45, 7) is 3.05. The van der Waals surface area contributed by atoms with E-state index in [9.17, 15) is 5.21 Å². The average Bonchev–Trinajstić information content (AvgIpc) is 2.29. The van der Waals surface area contributed by atoms with E-state index >= 15 is 0 Å². The fourth-order valence-corrected chi connectivity index (χ4v) is 2.33. The molecule has 0 fully saturated rings. The van der Waals surface area contributed by atoms with Gasteiger partial charge in [-0.25, -0.2) is 0 Å². The summed E-state index contributed by atoms with van der Waals surface area (Å²) < 4.78 is -0.127. The van der Waals surface area contributed by atoms with Gasteiger partial charge in [-0.05, 0) is 12.8 Å². The molecule has 0 radical (unpaired) electrons. The zero-order valence-electron chi connectivity index (χ0n) is 13.5. The van der Waals surface area contributed by atoms with Crippen LogP contribution in [0.5, 0.6) is 0 Å². The van der Waals surface area contributed by atoms with Gasteiger partial charge in [-0.3, -0.25) is 0 Å². The summed E-state index contributed by atoms with van der Waals surface area (Å²) in [5.74, 6) is 0. The third-order valence-corrected chi connectivity index (χ3v) is 3.55. The maximum absolute atomic E-state index is 11.3. The minimum atomic E-state index is -0.127. The molecular formula is C16H36ClNO. The third-order valence-electron chi connectivity index (χ3n) is 3.55. The van der Waals surface area contributed by atoms with Crippen molar-refractivity contribution in [3.05, 3.63) is 5.21 Å². The lowest BCUT2D eigenvalue weighted by molar-refractivity contribution is -0.840. The van der Waals surface area contributed by atoms with Crippen LogP contribution in [0.25, 0.3) is 0 Å². The number of hydrogen-bond donors (Lipinski definition) is 0. The SMILES string of the molecule is CCCCCCCCCCCCCC[N+](C)(C)[O-].Cl. The largest absolute Gasteiger partial charge is 0.633 e. The molecule has 118 valence electrons. The molecule has 0 heterocycles. The number of halogens is 1.